The maximum atomic E-state index is 12.3. The average molecular weight is 385 g/mol. The third-order valence-electron chi connectivity index (χ3n) is 5.35. The number of benzene rings is 1. The van der Waals surface area contributed by atoms with E-state index in [1.54, 1.807) is 12.1 Å². The second-order valence-electron chi connectivity index (χ2n) is 7.24. The van der Waals surface area contributed by atoms with Crippen molar-refractivity contribution < 1.29 is 9.53 Å². The van der Waals surface area contributed by atoms with Gasteiger partial charge < -0.3 is 15.0 Å². The van der Waals surface area contributed by atoms with Crippen LogP contribution < -0.4 is 15.5 Å². The molecule has 4 rings (SSSR count). The van der Waals surface area contributed by atoms with Crippen molar-refractivity contribution >= 4 is 17.5 Å². The fourth-order valence-electron chi connectivity index (χ4n) is 3.94. The van der Waals surface area contributed by atoms with Gasteiger partial charge >= 0.3 is 0 Å². The zero-order chi connectivity index (χ0) is 18.8. The number of halogens is 1. The maximum Gasteiger partial charge on any atom is 0.267 e. The summed E-state index contributed by atoms with van der Waals surface area (Å²) in [5.74, 6) is 1.66. The summed E-state index contributed by atoms with van der Waals surface area (Å²) in [5, 5.41) is 3.55. The molecule has 1 aromatic heterocycles. The lowest BCUT2D eigenvalue weighted by atomic mass is 9.93. The van der Waals surface area contributed by atoms with Gasteiger partial charge in [-0.05, 0) is 48.3 Å². The molecule has 3 atom stereocenters. The van der Waals surface area contributed by atoms with Crippen molar-refractivity contribution in [1.29, 1.82) is 0 Å². The predicted octanol–water partition coefficient (Wildman–Crippen LogP) is 3.55. The molecular weight excluding hydrogens is 364 g/mol. The van der Waals surface area contributed by atoms with Gasteiger partial charge in [0.25, 0.3) is 5.91 Å². The molecule has 1 fully saturated rings. The molecule has 5 nitrogen and oxygen atoms in total. The SMILES string of the molecule is O=C(NC[C@@H]1C[C@@H]2C=C[C@@H]1C2)c1cc(=O)c(OCc2cccc(Cl)c2)c[nH]1. The highest BCUT2D eigenvalue weighted by Gasteiger charge is 2.35. The highest BCUT2D eigenvalue weighted by Crippen LogP contribution is 2.42. The summed E-state index contributed by atoms with van der Waals surface area (Å²) >= 11 is 5.94. The van der Waals surface area contributed by atoms with E-state index in [0.29, 0.717) is 29.3 Å². The summed E-state index contributed by atoms with van der Waals surface area (Å²) in [7, 11) is 0. The molecule has 0 saturated heterocycles. The quantitative estimate of drug-likeness (QED) is 0.748. The standard InChI is InChI=1S/C21H21ClN2O3/c22-17-3-1-2-14(8-17)12-27-20-11-23-18(9-19(20)25)21(26)24-10-16-7-13-4-5-15(16)6-13/h1-5,8-9,11,13,15-16H,6-7,10,12H2,(H,23,25)(H,24,26)/t13-,15-,16+/m1/s1. The molecule has 2 aliphatic rings. The second kappa shape index (κ2) is 7.61. The Labute approximate surface area is 162 Å². The topological polar surface area (TPSA) is 71.2 Å². The highest BCUT2D eigenvalue weighted by atomic mass is 35.5. The largest absolute Gasteiger partial charge is 0.483 e. The summed E-state index contributed by atoms with van der Waals surface area (Å²) in [6.07, 6.45) is 8.31. The first-order valence-electron chi connectivity index (χ1n) is 9.15. The third kappa shape index (κ3) is 4.08. The van der Waals surface area contributed by atoms with Gasteiger partial charge in [-0.25, -0.2) is 0 Å². The Morgan fingerprint density at radius 1 is 1.26 bits per heavy atom. The Bertz CT molecular complexity index is 937. The molecule has 0 unspecified atom stereocenters. The second-order valence-corrected chi connectivity index (χ2v) is 7.68. The van der Waals surface area contributed by atoms with Crippen molar-refractivity contribution in [2.24, 2.45) is 17.8 Å². The van der Waals surface area contributed by atoms with Crippen LogP contribution in [0.2, 0.25) is 5.02 Å². The van der Waals surface area contributed by atoms with E-state index in [4.69, 9.17) is 16.3 Å². The number of aromatic amines is 1. The minimum absolute atomic E-state index is 0.171. The minimum atomic E-state index is -0.330. The molecule has 2 aliphatic carbocycles. The van der Waals surface area contributed by atoms with Gasteiger partial charge in [-0.15, -0.1) is 0 Å². The number of pyridine rings is 1. The minimum Gasteiger partial charge on any atom is -0.483 e. The summed E-state index contributed by atoms with van der Waals surface area (Å²) in [5.41, 5.74) is 0.779. The molecule has 1 heterocycles. The van der Waals surface area contributed by atoms with Gasteiger partial charge in [0.1, 0.15) is 12.3 Å². The Balaban J connectivity index is 1.34. The number of amides is 1. The van der Waals surface area contributed by atoms with Crippen LogP contribution in [0.5, 0.6) is 5.75 Å². The number of fused-ring (bicyclic) bond motifs is 2. The van der Waals surface area contributed by atoms with Crippen LogP contribution in [0.3, 0.4) is 0 Å². The molecular formula is C21H21ClN2O3. The number of hydrogen-bond donors (Lipinski definition) is 2. The highest BCUT2D eigenvalue weighted by molar-refractivity contribution is 6.30. The summed E-state index contributed by atoms with van der Waals surface area (Å²) in [6.45, 7) is 0.867. The van der Waals surface area contributed by atoms with Crippen LogP contribution in [0.15, 0.2) is 53.5 Å². The normalized spacial score (nSPS) is 22.8. The molecule has 0 aliphatic heterocycles. The molecule has 2 aromatic rings. The van der Waals surface area contributed by atoms with E-state index in [0.717, 1.165) is 12.0 Å². The third-order valence-corrected chi connectivity index (χ3v) is 5.58. The van der Waals surface area contributed by atoms with Gasteiger partial charge in [0.15, 0.2) is 5.75 Å². The van der Waals surface area contributed by atoms with E-state index in [1.807, 2.05) is 12.1 Å². The van der Waals surface area contributed by atoms with E-state index in [1.165, 1.54) is 18.7 Å². The molecule has 6 heteroatoms. The van der Waals surface area contributed by atoms with E-state index < -0.39 is 0 Å². The Morgan fingerprint density at radius 3 is 2.85 bits per heavy atom. The number of carbonyl (C=O) groups excluding carboxylic acids is 1. The molecule has 140 valence electrons. The van der Waals surface area contributed by atoms with Crippen molar-refractivity contribution in [1.82, 2.24) is 10.3 Å². The first kappa shape index (κ1) is 17.9. The van der Waals surface area contributed by atoms with Crippen LogP contribution in [0, 0.1) is 17.8 Å². The number of ether oxygens (including phenoxy) is 1. The molecule has 1 amide bonds. The van der Waals surface area contributed by atoms with E-state index in [2.05, 4.69) is 22.5 Å². The maximum absolute atomic E-state index is 12.3. The van der Waals surface area contributed by atoms with Crippen LogP contribution in [-0.4, -0.2) is 17.4 Å². The lowest BCUT2D eigenvalue weighted by Crippen LogP contribution is -2.32. The Morgan fingerprint density at radius 2 is 2.15 bits per heavy atom. The molecule has 2 bridgehead atoms. The monoisotopic (exact) mass is 384 g/mol. The van der Waals surface area contributed by atoms with Crippen LogP contribution in [0.1, 0.15) is 28.9 Å². The lowest BCUT2D eigenvalue weighted by Gasteiger charge is -2.18. The average Bonchev–Trinajstić information content (AvgIpc) is 3.28. The molecule has 27 heavy (non-hydrogen) atoms. The van der Waals surface area contributed by atoms with Crippen molar-refractivity contribution in [3.63, 3.8) is 0 Å². The van der Waals surface area contributed by atoms with Crippen molar-refractivity contribution in [3.05, 3.63) is 75.2 Å². The van der Waals surface area contributed by atoms with Gasteiger partial charge in [0, 0.05) is 23.8 Å². The number of nitrogens with one attached hydrogen (secondary N) is 2. The van der Waals surface area contributed by atoms with E-state index in [-0.39, 0.29) is 29.4 Å². The van der Waals surface area contributed by atoms with Crippen LogP contribution >= 0.6 is 11.6 Å². The Hall–Kier alpha value is -2.53. The summed E-state index contributed by atoms with van der Waals surface area (Å²) in [6, 6.07) is 8.53. The van der Waals surface area contributed by atoms with Gasteiger partial charge in [-0.3, -0.25) is 9.59 Å². The van der Waals surface area contributed by atoms with Gasteiger partial charge in [-0.1, -0.05) is 35.9 Å². The van der Waals surface area contributed by atoms with Crippen LogP contribution in [-0.2, 0) is 6.61 Å². The predicted molar refractivity (Wildman–Crippen MR) is 104 cm³/mol. The lowest BCUT2D eigenvalue weighted by molar-refractivity contribution is 0.0940. The zero-order valence-electron chi connectivity index (χ0n) is 14.8. The summed E-state index contributed by atoms with van der Waals surface area (Å²) < 4.78 is 5.55. The fraction of sp³-hybridized carbons (Fsp3) is 0.333. The van der Waals surface area contributed by atoms with Crippen molar-refractivity contribution in [2.45, 2.75) is 19.4 Å². The van der Waals surface area contributed by atoms with Crippen LogP contribution in [0.4, 0.5) is 0 Å². The van der Waals surface area contributed by atoms with Crippen LogP contribution in [0.25, 0.3) is 0 Å². The molecule has 0 spiro atoms. The number of carbonyl (C=O) groups is 1. The van der Waals surface area contributed by atoms with Crippen molar-refractivity contribution in [2.75, 3.05) is 6.54 Å². The molecule has 1 saturated carbocycles. The molecule has 1 aromatic carbocycles. The Kier molecular flexibility index (Phi) is 5.03. The first-order chi connectivity index (χ1) is 13.1. The molecule has 0 radical (unpaired) electrons. The van der Waals surface area contributed by atoms with Gasteiger partial charge in [0.2, 0.25) is 5.43 Å². The van der Waals surface area contributed by atoms with Gasteiger partial charge in [0.05, 0.1) is 0 Å². The van der Waals surface area contributed by atoms with E-state index >= 15 is 0 Å². The smallest absolute Gasteiger partial charge is 0.267 e. The van der Waals surface area contributed by atoms with Gasteiger partial charge in [-0.2, -0.15) is 0 Å². The fourth-order valence-corrected chi connectivity index (χ4v) is 4.15. The first-order valence-corrected chi connectivity index (χ1v) is 9.53. The zero-order valence-corrected chi connectivity index (χ0v) is 15.5. The summed E-state index contributed by atoms with van der Waals surface area (Å²) in [4.78, 5) is 27.4. The number of H-pyrrole nitrogens is 1. The number of allylic oxidation sites excluding steroid dienone is 2. The number of rotatable bonds is 6. The van der Waals surface area contributed by atoms with E-state index in [9.17, 15) is 9.59 Å². The number of aromatic nitrogens is 1. The van der Waals surface area contributed by atoms with Crippen molar-refractivity contribution in [3.8, 4) is 5.75 Å². The molecule has 2 N–H and O–H groups in total. The number of hydrogen-bond acceptors (Lipinski definition) is 3.